The monoisotopic (exact) mass is 689 g/mol. The van der Waals surface area contributed by atoms with Gasteiger partial charge in [0.25, 0.3) is 0 Å². The number of piperidine rings is 1. The van der Waals surface area contributed by atoms with Crippen molar-refractivity contribution in [1.29, 1.82) is 0 Å². The molecule has 1 aliphatic rings. The second-order valence-electron chi connectivity index (χ2n) is 10.4. The van der Waals surface area contributed by atoms with Gasteiger partial charge in [0.2, 0.25) is 0 Å². The molecule has 0 amide bonds. The van der Waals surface area contributed by atoms with Crippen LogP contribution in [0, 0.1) is 0 Å². The zero-order valence-electron chi connectivity index (χ0n) is 28.7. The van der Waals surface area contributed by atoms with Crippen molar-refractivity contribution in [3.8, 4) is 0 Å². The van der Waals surface area contributed by atoms with Crippen LogP contribution in [0.2, 0.25) is 0 Å². The normalized spacial score (nSPS) is 13.7. The van der Waals surface area contributed by atoms with Gasteiger partial charge in [0.05, 0.1) is 150 Å². The summed E-state index contributed by atoms with van der Waals surface area (Å²) < 4.78 is 65.7. The minimum Gasteiger partial charge on any atom is -0.460 e. The molecule has 0 atom stereocenters. The Labute approximate surface area is 286 Å². The van der Waals surface area contributed by atoms with Crippen LogP contribution in [0.1, 0.15) is 23.2 Å². The van der Waals surface area contributed by atoms with E-state index < -0.39 is 0 Å². The van der Waals surface area contributed by atoms with Crippen LogP contribution < -0.4 is 5.32 Å². The number of benzene rings is 1. The second-order valence-corrected chi connectivity index (χ2v) is 10.4. The van der Waals surface area contributed by atoms with Crippen molar-refractivity contribution >= 4 is 5.97 Å². The average molecular weight is 690 g/mol. The Balaban J connectivity index is 1.14. The summed E-state index contributed by atoms with van der Waals surface area (Å²) in [5, 5.41) is 3.33. The number of ether oxygens (including phenoxy) is 12. The number of nitrogens with one attached hydrogen (secondary N) is 1. The van der Waals surface area contributed by atoms with Crippen LogP contribution in [0.4, 0.5) is 0 Å². The lowest BCUT2D eigenvalue weighted by molar-refractivity contribution is -0.0325. The van der Waals surface area contributed by atoms with Crippen LogP contribution in [0.3, 0.4) is 0 Å². The molecule has 1 aromatic carbocycles. The molecule has 1 aromatic rings. The smallest absolute Gasteiger partial charge is 0.338 e. The predicted molar refractivity (Wildman–Crippen MR) is 177 cm³/mol. The van der Waals surface area contributed by atoms with Crippen molar-refractivity contribution in [2.24, 2.45) is 0 Å². The zero-order chi connectivity index (χ0) is 33.8. The van der Waals surface area contributed by atoms with Crippen LogP contribution in [0.25, 0.3) is 0 Å². The average Bonchev–Trinajstić information content (AvgIpc) is 3.12. The Kier molecular flexibility index (Phi) is 29.7. The van der Waals surface area contributed by atoms with Crippen molar-refractivity contribution in [2.75, 3.05) is 158 Å². The van der Waals surface area contributed by atoms with E-state index in [1.807, 2.05) is 6.07 Å². The van der Waals surface area contributed by atoms with Crippen LogP contribution in [0.15, 0.2) is 30.3 Å². The fraction of sp³-hybridized carbons (Fsp3) is 0.794. The number of rotatable bonds is 35. The van der Waals surface area contributed by atoms with Crippen LogP contribution >= 0.6 is 0 Å². The molecule has 0 spiro atoms. The molecule has 0 aromatic heterocycles. The fourth-order valence-corrected chi connectivity index (χ4v) is 4.17. The molecule has 278 valence electrons. The molecule has 1 N–H and O–H groups in total. The molecule has 14 nitrogen and oxygen atoms in total. The maximum atomic E-state index is 11.8. The number of hydrogen-bond donors (Lipinski definition) is 1. The highest BCUT2D eigenvalue weighted by Gasteiger charge is 2.12. The van der Waals surface area contributed by atoms with Gasteiger partial charge in [-0.1, -0.05) is 18.2 Å². The third-order valence-corrected chi connectivity index (χ3v) is 6.69. The molecule has 0 bridgehead atoms. The van der Waals surface area contributed by atoms with Gasteiger partial charge in [0.1, 0.15) is 6.61 Å². The molecule has 0 radical (unpaired) electrons. The summed E-state index contributed by atoms with van der Waals surface area (Å²) in [6, 6.07) is 8.86. The summed E-state index contributed by atoms with van der Waals surface area (Å²) in [7, 11) is 0. The van der Waals surface area contributed by atoms with Gasteiger partial charge in [-0.15, -0.1) is 0 Å². The molecule has 14 heteroatoms. The van der Waals surface area contributed by atoms with Crippen molar-refractivity contribution in [2.45, 2.75) is 18.9 Å². The van der Waals surface area contributed by atoms with Gasteiger partial charge in [-0.3, -0.25) is 0 Å². The molecule has 0 saturated carbocycles. The quantitative estimate of drug-likeness (QED) is 0.0818. The van der Waals surface area contributed by atoms with Gasteiger partial charge >= 0.3 is 5.97 Å². The minimum absolute atomic E-state index is 0.203. The van der Waals surface area contributed by atoms with E-state index in [1.54, 1.807) is 24.3 Å². The predicted octanol–water partition coefficient (Wildman–Crippen LogP) is 1.78. The van der Waals surface area contributed by atoms with Crippen molar-refractivity contribution in [1.82, 2.24) is 5.32 Å². The maximum Gasteiger partial charge on any atom is 0.338 e. The largest absolute Gasteiger partial charge is 0.460 e. The lowest BCUT2D eigenvalue weighted by Crippen LogP contribution is -2.33. The van der Waals surface area contributed by atoms with Crippen LogP contribution in [0.5, 0.6) is 0 Å². The maximum absolute atomic E-state index is 11.8. The Bertz CT molecular complexity index is 817. The van der Waals surface area contributed by atoms with Crippen molar-refractivity contribution in [3.63, 3.8) is 0 Å². The van der Waals surface area contributed by atoms with Crippen LogP contribution in [-0.4, -0.2) is 171 Å². The fourth-order valence-electron chi connectivity index (χ4n) is 4.17. The van der Waals surface area contributed by atoms with Gasteiger partial charge in [-0.2, -0.15) is 0 Å². The van der Waals surface area contributed by atoms with Crippen molar-refractivity contribution in [3.05, 3.63) is 35.9 Å². The summed E-state index contributed by atoms with van der Waals surface area (Å²) in [6.45, 7) is 12.8. The Morgan fingerprint density at radius 3 is 1.12 bits per heavy atom. The highest BCUT2D eigenvalue weighted by molar-refractivity contribution is 5.89. The number of carbonyl (C=O) groups excluding carboxylic acids is 1. The third-order valence-electron chi connectivity index (χ3n) is 6.69. The third kappa shape index (κ3) is 27.1. The molecule has 2 rings (SSSR count). The zero-order valence-corrected chi connectivity index (χ0v) is 28.7. The number of hydrogen-bond acceptors (Lipinski definition) is 14. The summed E-state index contributed by atoms with van der Waals surface area (Å²) in [4.78, 5) is 11.8. The van der Waals surface area contributed by atoms with E-state index in [0.717, 1.165) is 25.9 Å². The minimum atomic E-state index is -0.355. The van der Waals surface area contributed by atoms with E-state index in [0.29, 0.717) is 150 Å². The van der Waals surface area contributed by atoms with Gasteiger partial charge in [-0.05, 0) is 38.1 Å². The Morgan fingerprint density at radius 1 is 0.458 bits per heavy atom. The molecular formula is C34H59NO13. The van der Waals surface area contributed by atoms with Crippen LogP contribution in [-0.2, 0) is 56.8 Å². The first kappa shape index (κ1) is 42.4. The standard InChI is InChI=1S/C34H59NO13/c36-34(32-4-2-1-3-5-32)48-31-29-46-27-25-44-23-21-42-19-17-40-15-13-38-11-10-37-12-14-39-16-18-41-20-22-43-24-26-45-28-30-47-33-6-8-35-9-7-33/h1-5,33,35H,6-31H2. The van der Waals surface area contributed by atoms with Gasteiger partial charge < -0.3 is 62.2 Å². The Hall–Kier alpha value is -1.79. The molecular weight excluding hydrogens is 630 g/mol. The van der Waals surface area contributed by atoms with Gasteiger partial charge in [-0.25, -0.2) is 4.79 Å². The van der Waals surface area contributed by atoms with E-state index in [-0.39, 0.29) is 12.6 Å². The van der Waals surface area contributed by atoms with E-state index in [9.17, 15) is 4.79 Å². The first-order valence-electron chi connectivity index (χ1n) is 17.2. The summed E-state index contributed by atoms with van der Waals surface area (Å²) in [5.74, 6) is -0.355. The molecule has 1 heterocycles. The van der Waals surface area contributed by atoms with Gasteiger partial charge in [0, 0.05) is 0 Å². The lowest BCUT2D eigenvalue weighted by atomic mass is 10.1. The first-order chi connectivity index (χ1) is 23.9. The second kappa shape index (κ2) is 33.7. The highest BCUT2D eigenvalue weighted by Crippen LogP contribution is 2.06. The van der Waals surface area contributed by atoms with E-state index in [1.165, 1.54) is 0 Å². The van der Waals surface area contributed by atoms with E-state index >= 15 is 0 Å². The molecule has 1 fully saturated rings. The number of carbonyl (C=O) groups is 1. The molecule has 48 heavy (non-hydrogen) atoms. The van der Waals surface area contributed by atoms with Crippen molar-refractivity contribution < 1.29 is 61.6 Å². The summed E-state index contributed by atoms with van der Waals surface area (Å²) >= 11 is 0. The molecule has 1 saturated heterocycles. The molecule has 0 unspecified atom stereocenters. The first-order valence-corrected chi connectivity index (χ1v) is 17.2. The van der Waals surface area contributed by atoms with Gasteiger partial charge in [0.15, 0.2) is 0 Å². The SMILES string of the molecule is O=C(OCCOCCOCCOCCOCCOCCOCCOCCOCCOCCOCCOC1CCNCC1)c1ccccc1. The topological polar surface area (TPSA) is 140 Å². The van der Waals surface area contributed by atoms with E-state index in [4.69, 9.17) is 56.8 Å². The Morgan fingerprint density at radius 2 is 0.771 bits per heavy atom. The number of esters is 1. The van der Waals surface area contributed by atoms with E-state index in [2.05, 4.69) is 5.32 Å². The highest BCUT2D eigenvalue weighted by atomic mass is 16.6. The summed E-state index contributed by atoms with van der Waals surface area (Å²) in [5.41, 5.74) is 0.526. The molecule has 1 aliphatic heterocycles. The lowest BCUT2D eigenvalue weighted by Gasteiger charge is -2.22. The summed E-state index contributed by atoms with van der Waals surface area (Å²) in [6.07, 6.45) is 2.52. The molecule has 0 aliphatic carbocycles.